The third-order valence-electron chi connectivity index (χ3n) is 1.40. The number of likely N-dealkylation sites (N-methyl/N-ethyl adjacent to an activating group) is 2. The fourth-order valence-electron chi connectivity index (χ4n) is 0.565. The first-order valence-corrected chi connectivity index (χ1v) is 4.97. The quantitative estimate of drug-likeness (QED) is 0.362. The van der Waals surface area contributed by atoms with Crippen LogP contribution in [0.3, 0.4) is 0 Å². The standard InChI is InChI=1S/C5H13N5O2S/c1-9(2)4-5-10(3)13(11,12)8-7-6/h4-5H2,1-3H3. The van der Waals surface area contributed by atoms with Gasteiger partial charge in [0.2, 0.25) is 0 Å². The van der Waals surface area contributed by atoms with E-state index in [1.807, 2.05) is 19.0 Å². The monoisotopic (exact) mass is 207 g/mol. The van der Waals surface area contributed by atoms with E-state index in [0.717, 1.165) is 4.31 Å². The number of azide groups is 1. The molecule has 7 nitrogen and oxygen atoms in total. The van der Waals surface area contributed by atoms with Gasteiger partial charge in [0.1, 0.15) is 0 Å². The van der Waals surface area contributed by atoms with Crippen LogP contribution in [0.5, 0.6) is 0 Å². The van der Waals surface area contributed by atoms with Gasteiger partial charge in [0.25, 0.3) is 0 Å². The fraction of sp³-hybridized carbons (Fsp3) is 1.00. The molecule has 0 spiro atoms. The van der Waals surface area contributed by atoms with Crippen molar-refractivity contribution < 1.29 is 8.42 Å². The van der Waals surface area contributed by atoms with Crippen LogP contribution >= 0.6 is 0 Å². The van der Waals surface area contributed by atoms with Crippen LogP contribution in [-0.4, -0.2) is 51.9 Å². The molecule has 0 saturated carbocycles. The molecule has 0 aromatic carbocycles. The number of nitrogens with zero attached hydrogens (tertiary/aromatic N) is 5. The molecule has 0 heterocycles. The molecule has 0 aliphatic rings. The van der Waals surface area contributed by atoms with Crippen LogP contribution in [0.1, 0.15) is 0 Å². The van der Waals surface area contributed by atoms with Gasteiger partial charge in [-0.1, -0.05) is 0 Å². The van der Waals surface area contributed by atoms with E-state index in [4.69, 9.17) is 5.53 Å². The molecule has 13 heavy (non-hydrogen) atoms. The first kappa shape index (κ1) is 12.2. The maximum atomic E-state index is 11.0. The summed E-state index contributed by atoms with van der Waals surface area (Å²) in [5.74, 6) is 0. The lowest BCUT2D eigenvalue weighted by atomic mass is 10.6. The molecule has 0 fully saturated rings. The summed E-state index contributed by atoms with van der Waals surface area (Å²) in [5.41, 5.74) is 7.97. The van der Waals surface area contributed by atoms with Crippen LogP contribution in [0, 0.1) is 0 Å². The Morgan fingerprint density at radius 2 is 1.85 bits per heavy atom. The van der Waals surface area contributed by atoms with Crippen LogP contribution in [0.2, 0.25) is 0 Å². The molecule has 0 rings (SSSR count). The van der Waals surface area contributed by atoms with E-state index in [1.165, 1.54) is 7.05 Å². The normalized spacial score (nSPS) is 11.8. The Kier molecular flexibility index (Phi) is 4.71. The third-order valence-corrected chi connectivity index (χ3v) is 2.65. The van der Waals surface area contributed by atoms with Gasteiger partial charge in [0, 0.05) is 29.6 Å². The summed E-state index contributed by atoms with van der Waals surface area (Å²) in [6.45, 7) is 0.880. The van der Waals surface area contributed by atoms with E-state index in [0.29, 0.717) is 13.1 Å². The van der Waals surface area contributed by atoms with Crippen molar-refractivity contribution in [2.75, 3.05) is 34.2 Å². The molecule has 0 aliphatic carbocycles. The predicted octanol–water partition coefficient (Wildman–Crippen LogP) is 0.0349. The molecule has 0 radical (unpaired) electrons. The van der Waals surface area contributed by atoms with Crippen molar-refractivity contribution in [1.82, 2.24) is 9.21 Å². The van der Waals surface area contributed by atoms with Crippen molar-refractivity contribution >= 4 is 10.2 Å². The average molecular weight is 207 g/mol. The van der Waals surface area contributed by atoms with E-state index in [9.17, 15) is 8.42 Å². The minimum absolute atomic E-state index is 0.300. The lowest BCUT2D eigenvalue weighted by Crippen LogP contribution is -2.32. The van der Waals surface area contributed by atoms with Gasteiger partial charge in [-0.05, 0) is 19.6 Å². The van der Waals surface area contributed by atoms with Gasteiger partial charge in [-0.25, -0.2) is 8.42 Å². The zero-order chi connectivity index (χ0) is 10.5. The van der Waals surface area contributed by atoms with Crippen molar-refractivity contribution in [3.05, 3.63) is 10.4 Å². The van der Waals surface area contributed by atoms with Crippen molar-refractivity contribution in [1.29, 1.82) is 0 Å². The van der Waals surface area contributed by atoms with Crippen LogP contribution in [0.15, 0.2) is 4.52 Å². The molecule has 0 saturated heterocycles. The van der Waals surface area contributed by atoms with Crippen molar-refractivity contribution in [3.63, 3.8) is 0 Å². The average Bonchev–Trinajstić information content (AvgIpc) is 1.99. The summed E-state index contributed by atoms with van der Waals surface area (Å²) in [6, 6.07) is 0. The lowest BCUT2D eigenvalue weighted by Gasteiger charge is -2.16. The van der Waals surface area contributed by atoms with Gasteiger partial charge in [-0.15, -0.1) is 0 Å². The summed E-state index contributed by atoms with van der Waals surface area (Å²) < 4.78 is 25.8. The number of rotatable bonds is 5. The molecule has 0 aliphatic heterocycles. The molecule has 0 bridgehead atoms. The molecule has 0 unspecified atom stereocenters. The van der Waals surface area contributed by atoms with Crippen LogP contribution in [-0.2, 0) is 10.2 Å². The smallest absolute Gasteiger partial charge is 0.302 e. The van der Waals surface area contributed by atoms with Gasteiger partial charge >= 0.3 is 10.2 Å². The highest BCUT2D eigenvalue weighted by Crippen LogP contribution is 1.99. The predicted molar refractivity (Wildman–Crippen MR) is 49.2 cm³/mol. The zero-order valence-corrected chi connectivity index (χ0v) is 8.69. The molecule has 0 aromatic heterocycles. The molecular weight excluding hydrogens is 194 g/mol. The van der Waals surface area contributed by atoms with E-state index >= 15 is 0 Å². The second-order valence-corrected chi connectivity index (χ2v) is 4.46. The Morgan fingerprint density at radius 1 is 1.31 bits per heavy atom. The molecule has 76 valence electrons. The Morgan fingerprint density at radius 3 is 2.23 bits per heavy atom. The molecule has 8 heteroatoms. The van der Waals surface area contributed by atoms with Gasteiger partial charge in [-0.2, -0.15) is 4.31 Å². The zero-order valence-electron chi connectivity index (χ0n) is 7.88. The van der Waals surface area contributed by atoms with Crippen LogP contribution in [0.25, 0.3) is 10.4 Å². The number of hydrogen-bond donors (Lipinski definition) is 0. The Bertz CT molecular complexity index is 292. The molecular formula is C5H13N5O2S. The summed E-state index contributed by atoms with van der Waals surface area (Å²) in [7, 11) is 1.23. The van der Waals surface area contributed by atoms with Crippen molar-refractivity contribution in [3.8, 4) is 0 Å². The Hall–Kier alpha value is -0.820. The van der Waals surface area contributed by atoms with E-state index < -0.39 is 10.2 Å². The number of hydrogen-bond acceptors (Lipinski definition) is 3. The second-order valence-electron chi connectivity index (χ2n) is 2.77. The Balaban J connectivity index is 4.26. The highest BCUT2D eigenvalue weighted by molar-refractivity contribution is 7.87. The topological polar surface area (TPSA) is 89.4 Å². The van der Waals surface area contributed by atoms with E-state index in [1.54, 1.807) is 0 Å². The SMILES string of the molecule is CN(C)CCN(C)S(=O)(=O)N=[N+]=[N-]. The summed E-state index contributed by atoms with van der Waals surface area (Å²) in [5, 5.41) is 0. The highest BCUT2D eigenvalue weighted by atomic mass is 32.2. The van der Waals surface area contributed by atoms with Gasteiger partial charge in [-0.3, -0.25) is 0 Å². The van der Waals surface area contributed by atoms with E-state index in [-0.39, 0.29) is 0 Å². The summed E-state index contributed by atoms with van der Waals surface area (Å²) in [4.78, 5) is 4.07. The highest BCUT2D eigenvalue weighted by Gasteiger charge is 2.14. The maximum Gasteiger partial charge on any atom is 0.302 e. The van der Waals surface area contributed by atoms with Gasteiger partial charge in [0.15, 0.2) is 0 Å². The molecule has 0 aromatic rings. The Labute approximate surface area is 77.7 Å². The molecule has 0 N–H and O–H groups in total. The summed E-state index contributed by atoms with van der Waals surface area (Å²) in [6.07, 6.45) is 0. The first-order valence-electron chi connectivity index (χ1n) is 3.57. The minimum Gasteiger partial charge on any atom is -0.308 e. The first-order chi connectivity index (χ1) is 5.90. The minimum atomic E-state index is -3.79. The van der Waals surface area contributed by atoms with Crippen LogP contribution in [0.4, 0.5) is 0 Å². The maximum absolute atomic E-state index is 11.0. The third kappa shape index (κ3) is 4.69. The molecule has 0 atom stereocenters. The fourth-order valence-corrected chi connectivity index (χ4v) is 1.09. The lowest BCUT2D eigenvalue weighted by molar-refractivity contribution is 0.358. The van der Waals surface area contributed by atoms with E-state index in [2.05, 4.69) is 9.43 Å². The van der Waals surface area contributed by atoms with Gasteiger partial charge < -0.3 is 4.90 Å². The second kappa shape index (κ2) is 5.03. The largest absolute Gasteiger partial charge is 0.308 e. The van der Waals surface area contributed by atoms with Crippen molar-refractivity contribution in [2.24, 2.45) is 4.52 Å². The molecule has 0 amide bonds. The van der Waals surface area contributed by atoms with Gasteiger partial charge in [0.05, 0.1) is 0 Å². The summed E-state index contributed by atoms with van der Waals surface area (Å²) >= 11 is 0. The van der Waals surface area contributed by atoms with Crippen molar-refractivity contribution in [2.45, 2.75) is 0 Å². The van der Waals surface area contributed by atoms with Crippen LogP contribution < -0.4 is 0 Å².